The van der Waals surface area contributed by atoms with E-state index in [1.165, 1.54) is 24.0 Å². The van der Waals surface area contributed by atoms with Crippen LogP contribution in [0.1, 0.15) is 43.7 Å². The minimum Gasteiger partial charge on any atom is -0.348 e. The van der Waals surface area contributed by atoms with Gasteiger partial charge in [0.1, 0.15) is 0 Å². The highest BCUT2D eigenvalue weighted by atomic mass is 16.7. The zero-order valence-electron chi connectivity index (χ0n) is 12.7. The number of ether oxygens (including phenoxy) is 2. The third kappa shape index (κ3) is 3.22. The molecule has 0 aromatic heterocycles. The summed E-state index contributed by atoms with van der Waals surface area (Å²) >= 11 is 0. The van der Waals surface area contributed by atoms with E-state index in [0.717, 1.165) is 12.5 Å². The molecule has 2 fully saturated rings. The van der Waals surface area contributed by atoms with Gasteiger partial charge in [-0.3, -0.25) is 0 Å². The number of hydrogen-bond donors (Lipinski definition) is 1. The van der Waals surface area contributed by atoms with Crippen LogP contribution in [0.25, 0.3) is 0 Å². The van der Waals surface area contributed by atoms with Crippen molar-refractivity contribution in [2.45, 2.75) is 57.5 Å². The van der Waals surface area contributed by atoms with Crippen LogP contribution in [-0.2, 0) is 9.47 Å². The van der Waals surface area contributed by atoms with Crippen molar-refractivity contribution in [3.63, 3.8) is 0 Å². The molecule has 3 nitrogen and oxygen atoms in total. The highest BCUT2D eigenvalue weighted by Gasteiger charge is 2.34. The molecule has 0 amide bonds. The van der Waals surface area contributed by atoms with Crippen molar-refractivity contribution in [3.8, 4) is 0 Å². The molecule has 1 unspecified atom stereocenters. The number of benzene rings is 1. The van der Waals surface area contributed by atoms with Gasteiger partial charge < -0.3 is 14.8 Å². The maximum Gasteiger partial charge on any atom is 0.163 e. The first-order valence-electron chi connectivity index (χ1n) is 7.63. The van der Waals surface area contributed by atoms with Crippen LogP contribution in [-0.4, -0.2) is 31.1 Å². The van der Waals surface area contributed by atoms with Gasteiger partial charge in [-0.05, 0) is 45.1 Å². The highest BCUT2D eigenvalue weighted by Crippen LogP contribution is 2.37. The lowest BCUT2D eigenvalue weighted by molar-refractivity contribution is -0.138. The first-order chi connectivity index (χ1) is 9.52. The van der Waals surface area contributed by atoms with E-state index in [1.807, 2.05) is 13.8 Å². The number of rotatable bonds is 4. The van der Waals surface area contributed by atoms with Gasteiger partial charge in [-0.25, -0.2) is 0 Å². The van der Waals surface area contributed by atoms with E-state index in [1.54, 1.807) is 0 Å². The lowest BCUT2D eigenvalue weighted by Crippen LogP contribution is -2.44. The van der Waals surface area contributed by atoms with E-state index in [0.29, 0.717) is 12.6 Å². The van der Waals surface area contributed by atoms with Crippen molar-refractivity contribution in [1.82, 2.24) is 5.32 Å². The van der Waals surface area contributed by atoms with Crippen LogP contribution >= 0.6 is 0 Å². The minimum absolute atomic E-state index is 0.198. The quantitative estimate of drug-likeness (QED) is 0.916. The molecule has 3 rings (SSSR count). The van der Waals surface area contributed by atoms with Gasteiger partial charge in [0.05, 0.1) is 12.7 Å². The average Bonchev–Trinajstić information content (AvgIpc) is 2.69. The topological polar surface area (TPSA) is 30.5 Å². The summed E-state index contributed by atoms with van der Waals surface area (Å²) < 4.78 is 11.4. The first kappa shape index (κ1) is 14.1. The summed E-state index contributed by atoms with van der Waals surface area (Å²) in [5.41, 5.74) is 2.82. The fourth-order valence-corrected chi connectivity index (χ4v) is 3.06. The molecular weight excluding hydrogens is 250 g/mol. The molecule has 2 aliphatic rings. The van der Waals surface area contributed by atoms with Gasteiger partial charge in [0, 0.05) is 12.6 Å². The van der Waals surface area contributed by atoms with Gasteiger partial charge in [0.2, 0.25) is 0 Å². The Bertz CT molecular complexity index is 449. The molecule has 1 aromatic rings. The van der Waals surface area contributed by atoms with Crippen molar-refractivity contribution in [1.29, 1.82) is 0 Å². The third-order valence-corrected chi connectivity index (χ3v) is 4.39. The molecule has 20 heavy (non-hydrogen) atoms. The van der Waals surface area contributed by atoms with E-state index in [4.69, 9.17) is 9.47 Å². The van der Waals surface area contributed by atoms with Crippen LogP contribution in [0, 0.1) is 6.92 Å². The van der Waals surface area contributed by atoms with Gasteiger partial charge in [-0.15, -0.1) is 0 Å². The molecule has 1 atom stereocenters. The summed E-state index contributed by atoms with van der Waals surface area (Å²) in [6.07, 6.45) is 2.67. The molecule has 1 aliphatic carbocycles. The third-order valence-electron chi connectivity index (χ3n) is 4.39. The van der Waals surface area contributed by atoms with E-state index in [9.17, 15) is 0 Å². The van der Waals surface area contributed by atoms with E-state index >= 15 is 0 Å². The molecule has 1 N–H and O–H groups in total. The molecule has 3 heteroatoms. The van der Waals surface area contributed by atoms with Crippen LogP contribution < -0.4 is 5.32 Å². The van der Waals surface area contributed by atoms with E-state index in [-0.39, 0.29) is 6.10 Å². The summed E-state index contributed by atoms with van der Waals surface area (Å²) in [5, 5.41) is 3.60. The Morgan fingerprint density at radius 2 is 1.90 bits per heavy atom. The summed E-state index contributed by atoms with van der Waals surface area (Å²) in [7, 11) is 0. The van der Waals surface area contributed by atoms with Crippen LogP contribution in [0.4, 0.5) is 0 Å². The number of nitrogens with one attached hydrogen (secondary N) is 1. The Morgan fingerprint density at radius 3 is 2.50 bits per heavy atom. The zero-order chi connectivity index (χ0) is 14.2. The Balaban J connectivity index is 1.39. The molecule has 1 saturated carbocycles. The second kappa shape index (κ2) is 5.47. The summed E-state index contributed by atoms with van der Waals surface area (Å²) in [5.74, 6) is 0.321. The Hall–Kier alpha value is -0.900. The first-order valence-corrected chi connectivity index (χ1v) is 7.63. The van der Waals surface area contributed by atoms with Gasteiger partial charge in [-0.2, -0.15) is 0 Å². The highest BCUT2D eigenvalue weighted by molar-refractivity contribution is 5.26. The predicted molar refractivity (Wildman–Crippen MR) is 79.8 cm³/mol. The van der Waals surface area contributed by atoms with Crippen molar-refractivity contribution < 1.29 is 9.47 Å². The monoisotopic (exact) mass is 275 g/mol. The predicted octanol–water partition coefficient (Wildman–Crippen LogP) is 2.98. The Labute approximate surface area is 121 Å². The van der Waals surface area contributed by atoms with Gasteiger partial charge in [0.25, 0.3) is 0 Å². The van der Waals surface area contributed by atoms with Crippen molar-refractivity contribution >= 4 is 0 Å². The zero-order valence-corrected chi connectivity index (χ0v) is 12.7. The number of hydrogen-bond acceptors (Lipinski definition) is 3. The smallest absolute Gasteiger partial charge is 0.163 e. The van der Waals surface area contributed by atoms with Crippen LogP contribution in [0.5, 0.6) is 0 Å². The normalized spacial score (nSPS) is 32.0. The fourth-order valence-electron chi connectivity index (χ4n) is 3.06. The van der Waals surface area contributed by atoms with Crippen LogP contribution in [0.3, 0.4) is 0 Å². The van der Waals surface area contributed by atoms with Crippen molar-refractivity contribution in [3.05, 3.63) is 35.4 Å². The fraction of sp³-hybridized carbons (Fsp3) is 0.647. The van der Waals surface area contributed by atoms with Crippen LogP contribution in [0.15, 0.2) is 24.3 Å². The average molecular weight is 275 g/mol. The van der Waals surface area contributed by atoms with E-state index < -0.39 is 5.79 Å². The van der Waals surface area contributed by atoms with Gasteiger partial charge in [0.15, 0.2) is 5.79 Å². The molecular formula is C17H25NO2. The lowest BCUT2D eigenvalue weighted by atomic mass is 9.75. The minimum atomic E-state index is -0.406. The molecule has 1 heterocycles. The largest absolute Gasteiger partial charge is 0.348 e. The Morgan fingerprint density at radius 1 is 1.20 bits per heavy atom. The molecule has 110 valence electrons. The summed E-state index contributed by atoms with van der Waals surface area (Å²) in [6.45, 7) is 7.69. The van der Waals surface area contributed by atoms with Gasteiger partial charge in [-0.1, -0.05) is 29.8 Å². The maximum atomic E-state index is 5.81. The lowest BCUT2D eigenvalue weighted by Gasteiger charge is -2.37. The van der Waals surface area contributed by atoms with Crippen molar-refractivity contribution in [2.24, 2.45) is 0 Å². The van der Waals surface area contributed by atoms with Crippen molar-refractivity contribution in [2.75, 3.05) is 13.2 Å². The van der Waals surface area contributed by atoms with Crippen LogP contribution in [0.2, 0.25) is 0 Å². The molecule has 0 radical (unpaired) electrons. The second-order valence-corrected chi connectivity index (χ2v) is 6.63. The molecule has 0 spiro atoms. The summed E-state index contributed by atoms with van der Waals surface area (Å²) in [4.78, 5) is 0. The molecule has 1 saturated heterocycles. The second-order valence-electron chi connectivity index (χ2n) is 6.63. The standard InChI is InChI=1S/C17H25NO2/c1-12-4-6-13(7-5-12)14-8-15(9-14)18-10-16-11-19-17(2,3)20-16/h4-7,14-16,18H,8-11H2,1-3H3. The molecule has 1 aliphatic heterocycles. The summed E-state index contributed by atoms with van der Waals surface area (Å²) in [6, 6.07) is 9.59. The molecule has 0 bridgehead atoms. The maximum absolute atomic E-state index is 5.81. The van der Waals surface area contributed by atoms with Gasteiger partial charge >= 0.3 is 0 Å². The molecule has 1 aromatic carbocycles. The SMILES string of the molecule is Cc1ccc(C2CC(NCC3COC(C)(C)O3)C2)cc1. The number of aryl methyl sites for hydroxylation is 1. The van der Waals surface area contributed by atoms with E-state index in [2.05, 4.69) is 36.5 Å². The Kier molecular flexibility index (Phi) is 3.85.